The van der Waals surface area contributed by atoms with Gasteiger partial charge in [0.05, 0.1) is 12.4 Å². The largest absolute Gasteiger partial charge is 0.338 e. The Kier molecular flexibility index (Phi) is 5.84. The number of hydrogen-bond donors (Lipinski definition) is 2. The summed E-state index contributed by atoms with van der Waals surface area (Å²) >= 11 is 5.42. The number of rotatable bonds is 6. The highest BCUT2D eigenvalue weighted by Gasteiger charge is 2.17. The molecule has 1 fully saturated rings. The molecule has 1 aliphatic rings. The van der Waals surface area contributed by atoms with Crippen LogP contribution in [0.3, 0.4) is 0 Å². The van der Waals surface area contributed by atoms with Crippen LogP contribution >= 0.6 is 12.2 Å². The fourth-order valence-corrected chi connectivity index (χ4v) is 3.75. The quantitative estimate of drug-likeness (QED) is 0.484. The van der Waals surface area contributed by atoms with Crippen LogP contribution in [-0.2, 0) is 0 Å². The van der Waals surface area contributed by atoms with E-state index in [-0.39, 0.29) is 5.91 Å². The average molecular weight is 409 g/mol. The Morgan fingerprint density at radius 1 is 1.14 bits per heavy atom. The molecule has 1 aliphatic heterocycles. The van der Waals surface area contributed by atoms with Crippen LogP contribution in [0.25, 0.3) is 17.1 Å². The van der Waals surface area contributed by atoms with Crippen LogP contribution < -0.4 is 5.32 Å². The van der Waals surface area contributed by atoms with Gasteiger partial charge in [0.1, 0.15) is 0 Å². The summed E-state index contributed by atoms with van der Waals surface area (Å²) in [4.78, 5) is 12.5. The Balaban J connectivity index is 1.48. The molecule has 1 amide bonds. The highest BCUT2D eigenvalue weighted by Crippen LogP contribution is 2.21. The monoisotopic (exact) mass is 408 g/mol. The predicted octanol–water partition coefficient (Wildman–Crippen LogP) is 3.23. The minimum absolute atomic E-state index is 0.0957. The molecule has 0 saturated carbocycles. The number of amides is 1. The van der Waals surface area contributed by atoms with Crippen molar-refractivity contribution in [1.29, 1.82) is 0 Å². The number of aromatic amines is 1. The fraction of sp³-hybridized carbons (Fsp3) is 0.286. The van der Waals surface area contributed by atoms with Gasteiger partial charge in [0.25, 0.3) is 5.91 Å². The molecule has 0 aliphatic carbocycles. The first-order valence-electron chi connectivity index (χ1n) is 9.71. The van der Waals surface area contributed by atoms with Crippen molar-refractivity contribution in [2.75, 3.05) is 26.8 Å². The number of hydrazine groups is 1. The van der Waals surface area contributed by atoms with Gasteiger partial charge in [0, 0.05) is 31.3 Å². The van der Waals surface area contributed by atoms with Gasteiger partial charge in [0.2, 0.25) is 0 Å². The highest BCUT2D eigenvalue weighted by atomic mass is 32.1. The van der Waals surface area contributed by atoms with Crippen molar-refractivity contribution in [3.8, 4) is 17.1 Å². The SMILES string of the molecule is CN(CNC(=O)c1ccc(-n2c(-c3ccccc3)n[nH]c2=S)cc1)N1CCCC1. The normalized spacial score (nSPS) is 14.4. The predicted molar refractivity (Wildman–Crippen MR) is 115 cm³/mol. The Labute approximate surface area is 174 Å². The van der Waals surface area contributed by atoms with E-state index >= 15 is 0 Å². The third-order valence-electron chi connectivity index (χ3n) is 5.13. The van der Waals surface area contributed by atoms with Gasteiger partial charge in [-0.25, -0.2) is 10.0 Å². The van der Waals surface area contributed by atoms with Crippen molar-refractivity contribution in [3.63, 3.8) is 0 Å². The molecular weight excluding hydrogens is 384 g/mol. The van der Waals surface area contributed by atoms with E-state index in [2.05, 4.69) is 25.5 Å². The van der Waals surface area contributed by atoms with E-state index in [0.717, 1.165) is 30.2 Å². The lowest BCUT2D eigenvalue weighted by atomic mass is 10.1. The molecule has 2 N–H and O–H groups in total. The number of hydrogen-bond acceptors (Lipinski definition) is 5. The lowest BCUT2D eigenvalue weighted by molar-refractivity contribution is 0.0169. The molecule has 0 radical (unpaired) electrons. The summed E-state index contributed by atoms with van der Waals surface area (Å²) in [7, 11) is 2.00. The van der Waals surface area contributed by atoms with E-state index in [1.54, 1.807) is 0 Å². The van der Waals surface area contributed by atoms with Crippen molar-refractivity contribution in [2.45, 2.75) is 12.8 Å². The molecule has 2 heterocycles. The second kappa shape index (κ2) is 8.69. The Bertz CT molecular complexity index is 1020. The number of carbonyl (C=O) groups is 1. The van der Waals surface area contributed by atoms with Crippen molar-refractivity contribution >= 4 is 18.1 Å². The topological polar surface area (TPSA) is 69.2 Å². The van der Waals surface area contributed by atoms with E-state index in [4.69, 9.17) is 12.2 Å². The summed E-state index contributed by atoms with van der Waals surface area (Å²) in [5, 5.41) is 14.5. The fourth-order valence-electron chi connectivity index (χ4n) is 3.51. The molecule has 2 aromatic carbocycles. The molecule has 8 heteroatoms. The molecule has 0 bridgehead atoms. The van der Waals surface area contributed by atoms with Crippen molar-refractivity contribution < 1.29 is 4.79 Å². The van der Waals surface area contributed by atoms with Crippen LogP contribution in [0.4, 0.5) is 0 Å². The van der Waals surface area contributed by atoms with Crippen LogP contribution in [0.2, 0.25) is 0 Å². The maximum Gasteiger partial charge on any atom is 0.252 e. The molecule has 0 spiro atoms. The van der Waals surface area contributed by atoms with Crippen molar-refractivity contribution in [1.82, 2.24) is 30.1 Å². The van der Waals surface area contributed by atoms with Gasteiger partial charge < -0.3 is 5.32 Å². The van der Waals surface area contributed by atoms with E-state index < -0.39 is 0 Å². The molecule has 0 atom stereocenters. The van der Waals surface area contributed by atoms with E-state index in [0.29, 0.717) is 17.0 Å². The first-order valence-corrected chi connectivity index (χ1v) is 10.1. The smallest absolute Gasteiger partial charge is 0.252 e. The zero-order valence-electron chi connectivity index (χ0n) is 16.3. The number of H-pyrrole nitrogens is 1. The van der Waals surface area contributed by atoms with Crippen LogP contribution in [0.1, 0.15) is 23.2 Å². The average Bonchev–Trinajstić information content (AvgIpc) is 3.43. The van der Waals surface area contributed by atoms with Crippen LogP contribution in [0.15, 0.2) is 54.6 Å². The van der Waals surface area contributed by atoms with Crippen molar-refractivity contribution in [2.24, 2.45) is 0 Å². The third-order valence-corrected chi connectivity index (χ3v) is 5.40. The Hall–Kier alpha value is -2.81. The zero-order chi connectivity index (χ0) is 20.2. The van der Waals surface area contributed by atoms with E-state index in [1.165, 1.54) is 12.8 Å². The summed E-state index contributed by atoms with van der Waals surface area (Å²) in [6.07, 6.45) is 2.42. The van der Waals surface area contributed by atoms with Gasteiger partial charge in [-0.05, 0) is 49.3 Å². The van der Waals surface area contributed by atoms with E-state index in [9.17, 15) is 4.79 Å². The first kappa shape index (κ1) is 19.5. The maximum absolute atomic E-state index is 12.5. The summed E-state index contributed by atoms with van der Waals surface area (Å²) in [6.45, 7) is 2.60. The third kappa shape index (κ3) is 4.29. The molecule has 0 unspecified atom stereocenters. The van der Waals surface area contributed by atoms with Crippen molar-refractivity contribution in [3.05, 3.63) is 64.9 Å². The number of aromatic nitrogens is 3. The second-order valence-electron chi connectivity index (χ2n) is 7.08. The first-order chi connectivity index (χ1) is 14.1. The minimum atomic E-state index is -0.0957. The highest BCUT2D eigenvalue weighted by molar-refractivity contribution is 7.71. The standard InChI is InChI=1S/C21H24N6OS/c1-25(26-13-5-6-14-26)15-22-20(28)17-9-11-18(12-10-17)27-19(23-24-21(27)29)16-7-3-2-4-8-16/h2-4,7-12H,5-6,13-15H2,1H3,(H,22,28)(H,24,29). The maximum atomic E-state index is 12.5. The number of nitrogens with one attached hydrogen (secondary N) is 2. The van der Waals surface area contributed by atoms with Gasteiger partial charge in [-0.1, -0.05) is 30.3 Å². The second-order valence-corrected chi connectivity index (χ2v) is 7.47. The Morgan fingerprint density at radius 2 is 1.83 bits per heavy atom. The molecule has 3 aromatic rings. The van der Waals surface area contributed by atoms with Gasteiger partial charge in [-0.2, -0.15) is 5.10 Å². The molecule has 150 valence electrons. The number of carbonyl (C=O) groups excluding carboxylic acids is 1. The molecular formula is C21H24N6OS. The lowest BCUT2D eigenvalue weighted by Gasteiger charge is -2.27. The zero-order valence-corrected chi connectivity index (χ0v) is 17.2. The molecule has 7 nitrogen and oxygen atoms in total. The molecule has 1 aromatic heterocycles. The molecule has 29 heavy (non-hydrogen) atoms. The van der Waals surface area contributed by atoms with Gasteiger partial charge >= 0.3 is 0 Å². The van der Waals surface area contributed by atoms with E-state index in [1.807, 2.05) is 66.2 Å². The summed E-state index contributed by atoms with van der Waals surface area (Å²) < 4.78 is 2.38. The van der Waals surface area contributed by atoms with Crippen LogP contribution in [0, 0.1) is 4.77 Å². The van der Waals surface area contributed by atoms with Crippen LogP contribution in [0.5, 0.6) is 0 Å². The number of nitrogens with zero attached hydrogens (tertiary/aromatic N) is 4. The van der Waals surface area contributed by atoms with Gasteiger partial charge in [-0.3, -0.25) is 14.5 Å². The molecule has 1 saturated heterocycles. The van der Waals surface area contributed by atoms with Gasteiger partial charge in [0.15, 0.2) is 10.6 Å². The summed E-state index contributed by atoms with van der Waals surface area (Å²) in [6, 6.07) is 17.2. The van der Waals surface area contributed by atoms with Gasteiger partial charge in [-0.15, -0.1) is 0 Å². The summed E-state index contributed by atoms with van der Waals surface area (Å²) in [5.74, 6) is 0.640. The lowest BCUT2D eigenvalue weighted by Crippen LogP contribution is -2.44. The summed E-state index contributed by atoms with van der Waals surface area (Å²) in [5.41, 5.74) is 2.43. The number of benzene rings is 2. The van der Waals surface area contributed by atoms with Crippen LogP contribution in [-0.4, -0.2) is 57.5 Å². The minimum Gasteiger partial charge on any atom is -0.338 e. The Morgan fingerprint density at radius 3 is 2.52 bits per heavy atom. The molecule has 4 rings (SSSR count).